The molecular formula is C15H21N3O. The largest absolute Gasteiger partial charge is 0.492 e. The van der Waals surface area contributed by atoms with Crippen LogP contribution in [0.2, 0.25) is 0 Å². The topological polar surface area (TPSA) is 39.1 Å². The van der Waals surface area contributed by atoms with Gasteiger partial charge in [0.25, 0.3) is 0 Å². The highest BCUT2D eigenvalue weighted by molar-refractivity contribution is 5.27. The lowest BCUT2D eigenvalue weighted by molar-refractivity contribution is 0.298. The standard InChI is InChI=1S/C15H21N3O/c1-13(2)17-11-14-3-5-15(6-4-14)19-10-9-18-8-7-16-12-18/h3-8,12-13,17H,9-11H2,1-2H3. The summed E-state index contributed by atoms with van der Waals surface area (Å²) in [5, 5.41) is 3.39. The van der Waals surface area contributed by atoms with Crippen molar-refractivity contribution >= 4 is 0 Å². The summed E-state index contributed by atoms with van der Waals surface area (Å²) in [5.41, 5.74) is 1.27. The molecule has 0 saturated heterocycles. The van der Waals surface area contributed by atoms with Gasteiger partial charge in [-0.1, -0.05) is 26.0 Å². The molecule has 2 aromatic rings. The van der Waals surface area contributed by atoms with Crippen LogP contribution in [0.3, 0.4) is 0 Å². The molecule has 2 rings (SSSR count). The number of hydrogen-bond acceptors (Lipinski definition) is 3. The van der Waals surface area contributed by atoms with E-state index in [2.05, 4.69) is 36.3 Å². The van der Waals surface area contributed by atoms with Gasteiger partial charge >= 0.3 is 0 Å². The van der Waals surface area contributed by atoms with Crippen LogP contribution < -0.4 is 10.1 Å². The number of hydrogen-bond donors (Lipinski definition) is 1. The number of aromatic nitrogens is 2. The maximum atomic E-state index is 5.69. The minimum absolute atomic E-state index is 0.506. The maximum absolute atomic E-state index is 5.69. The van der Waals surface area contributed by atoms with Crippen molar-refractivity contribution < 1.29 is 4.74 Å². The molecule has 1 heterocycles. The third-order valence-electron chi connectivity index (χ3n) is 2.82. The zero-order valence-electron chi connectivity index (χ0n) is 11.5. The molecule has 0 aliphatic heterocycles. The Balaban J connectivity index is 1.75. The van der Waals surface area contributed by atoms with Gasteiger partial charge in [-0.3, -0.25) is 0 Å². The van der Waals surface area contributed by atoms with Crippen molar-refractivity contribution in [3.05, 3.63) is 48.5 Å². The quantitative estimate of drug-likeness (QED) is 0.830. The van der Waals surface area contributed by atoms with Crippen molar-refractivity contribution in [3.63, 3.8) is 0 Å². The van der Waals surface area contributed by atoms with Gasteiger partial charge in [0.2, 0.25) is 0 Å². The Bertz CT molecular complexity index is 463. The van der Waals surface area contributed by atoms with Gasteiger partial charge in [-0.05, 0) is 17.7 Å². The number of rotatable bonds is 7. The molecule has 4 heteroatoms. The fourth-order valence-corrected chi connectivity index (χ4v) is 1.71. The average molecular weight is 259 g/mol. The van der Waals surface area contributed by atoms with Gasteiger partial charge in [0.15, 0.2) is 0 Å². The summed E-state index contributed by atoms with van der Waals surface area (Å²) < 4.78 is 7.69. The Hall–Kier alpha value is -1.81. The molecule has 1 aromatic carbocycles. The maximum Gasteiger partial charge on any atom is 0.119 e. The van der Waals surface area contributed by atoms with Crippen molar-refractivity contribution in [2.75, 3.05) is 6.61 Å². The molecule has 102 valence electrons. The number of ether oxygens (including phenoxy) is 1. The van der Waals surface area contributed by atoms with Gasteiger partial charge in [-0.2, -0.15) is 0 Å². The molecule has 0 saturated carbocycles. The van der Waals surface area contributed by atoms with E-state index in [-0.39, 0.29) is 0 Å². The van der Waals surface area contributed by atoms with Gasteiger partial charge < -0.3 is 14.6 Å². The first-order chi connectivity index (χ1) is 9.24. The van der Waals surface area contributed by atoms with Gasteiger partial charge in [-0.25, -0.2) is 4.98 Å². The summed E-state index contributed by atoms with van der Waals surface area (Å²) in [6.07, 6.45) is 5.50. The first-order valence-corrected chi connectivity index (χ1v) is 6.65. The van der Waals surface area contributed by atoms with E-state index in [4.69, 9.17) is 4.74 Å². The van der Waals surface area contributed by atoms with Crippen LogP contribution >= 0.6 is 0 Å². The van der Waals surface area contributed by atoms with Crippen LogP contribution in [-0.4, -0.2) is 22.2 Å². The first kappa shape index (κ1) is 13.6. The number of benzene rings is 1. The summed E-state index contributed by atoms with van der Waals surface area (Å²) >= 11 is 0. The van der Waals surface area contributed by atoms with E-state index in [1.807, 2.05) is 22.9 Å². The van der Waals surface area contributed by atoms with Crippen molar-refractivity contribution in [3.8, 4) is 5.75 Å². The van der Waals surface area contributed by atoms with Crippen LogP contribution in [0.5, 0.6) is 5.75 Å². The molecule has 1 N–H and O–H groups in total. The van der Waals surface area contributed by atoms with Crippen LogP contribution in [-0.2, 0) is 13.1 Å². The molecule has 0 aliphatic rings. The molecule has 0 aliphatic carbocycles. The predicted octanol–water partition coefficient (Wildman–Crippen LogP) is 2.46. The summed E-state index contributed by atoms with van der Waals surface area (Å²) in [7, 11) is 0. The van der Waals surface area contributed by atoms with Crippen molar-refractivity contribution in [2.24, 2.45) is 0 Å². The van der Waals surface area contributed by atoms with E-state index in [1.165, 1.54) is 5.56 Å². The highest BCUT2D eigenvalue weighted by Crippen LogP contribution is 2.12. The van der Waals surface area contributed by atoms with Gasteiger partial charge in [-0.15, -0.1) is 0 Å². The number of nitrogens with one attached hydrogen (secondary N) is 1. The average Bonchev–Trinajstić information content (AvgIpc) is 2.91. The highest BCUT2D eigenvalue weighted by atomic mass is 16.5. The van der Waals surface area contributed by atoms with Crippen LogP contribution in [0, 0.1) is 0 Å². The minimum atomic E-state index is 0.506. The second-order valence-electron chi connectivity index (χ2n) is 4.83. The second-order valence-corrected chi connectivity index (χ2v) is 4.83. The highest BCUT2D eigenvalue weighted by Gasteiger charge is 1.97. The molecule has 4 nitrogen and oxygen atoms in total. The van der Waals surface area contributed by atoms with E-state index < -0.39 is 0 Å². The smallest absolute Gasteiger partial charge is 0.119 e. The number of imidazole rings is 1. The molecule has 0 spiro atoms. The van der Waals surface area contributed by atoms with Crippen LogP contribution in [0.1, 0.15) is 19.4 Å². The Morgan fingerprint density at radius 3 is 2.68 bits per heavy atom. The molecular weight excluding hydrogens is 238 g/mol. The minimum Gasteiger partial charge on any atom is -0.492 e. The lowest BCUT2D eigenvalue weighted by Gasteiger charge is -2.10. The predicted molar refractivity (Wildman–Crippen MR) is 76.1 cm³/mol. The van der Waals surface area contributed by atoms with E-state index >= 15 is 0 Å². The Morgan fingerprint density at radius 1 is 1.26 bits per heavy atom. The van der Waals surface area contributed by atoms with Gasteiger partial charge in [0, 0.05) is 25.0 Å². The van der Waals surface area contributed by atoms with E-state index in [9.17, 15) is 0 Å². The summed E-state index contributed by atoms with van der Waals surface area (Å²) in [5.74, 6) is 0.911. The molecule has 0 amide bonds. The monoisotopic (exact) mass is 259 g/mol. The normalized spacial score (nSPS) is 10.9. The third kappa shape index (κ3) is 4.75. The first-order valence-electron chi connectivity index (χ1n) is 6.65. The lowest BCUT2D eigenvalue weighted by atomic mass is 10.2. The summed E-state index contributed by atoms with van der Waals surface area (Å²) in [6.45, 7) is 6.66. The SMILES string of the molecule is CC(C)NCc1ccc(OCCn2ccnc2)cc1. The number of nitrogens with zero attached hydrogens (tertiary/aromatic N) is 2. The molecule has 0 radical (unpaired) electrons. The van der Waals surface area contributed by atoms with E-state index in [1.54, 1.807) is 12.5 Å². The Morgan fingerprint density at radius 2 is 2.05 bits per heavy atom. The zero-order valence-corrected chi connectivity index (χ0v) is 11.5. The molecule has 19 heavy (non-hydrogen) atoms. The van der Waals surface area contributed by atoms with Crippen LogP contribution in [0.25, 0.3) is 0 Å². The van der Waals surface area contributed by atoms with Crippen molar-refractivity contribution in [1.82, 2.24) is 14.9 Å². The summed E-state index contributed by atoms with van der Waals surface area (Å²) in [6, 6.07) is 8.74. The van der Waals surface area contributed by atoms with Crippen LogP contribution in [0.15, 0.2) is 43.0 Å². The Kier molecular flexibility index (Phi) is 4.98. The molecule has 1 aromatic heterocycles. The molecule has 0 bridgehead atoms. The molecule has 0 fully saturated rings. The van der Waals surface area contributed by atoms with Gasteiger partial charge in [0.05, 0.1) is 12.9 Å². The van der Waals surface area contributed by atoms with E-state index in [0.717, 1.165) is 18.8 Å². The fraction of sp³-hybridized carbons (Fsp3) is 0.400. The molecule has 0 unspecified atom stereocenters. The summed E-state index contributed by atoms with van der Waals surface area (Å²) in [4.78, 5) is 3.99. The lowest BCUT2D eigenvalue weighted by Crippen LogP contribution is -2.21. The fourth-order valence-electron chi connectivity index (χ4n) is 1.71. The van der Waals surface area contributed by atoms with E-state index in [0.29, 0.717) is 12.6 Å². The van der Waals surface area contributed by atoms with Crippen molar-refractivity contribution in [2.45, 2.75) is 33.0 Å². The van der Waals surface area contributed by atoms with Crippen molar-refractivity contribution in [1.29, 1.82) is 0 Å². The van der Waals surface area contributed by atoms with Crippen LogP contribution in [0.4, 0.5) is 0 Å². The zero-order chi connectivity index (χ0) is 13.5. The molecule has 0 atom stereocenters. The third-order valence-corrected chi connectivity index (χ3v) is 2.82. The Labute approximate surface area is 114 Å². The second kappa shape index (κ2) is 6.95. The van der Waals surface area contributed by atoms with Gasteiger partial charge in [0.1, 0.15) is 12.4 Å².